The molecule has 0 saturated heterocycles. The first-order chi connectivity index (χ1) is 9.06. The standard InChI is InChI=1S/C15H17NO3/c1-4-19-15(18)9-13-10(2)16(11(3)17)14-8-6-5-7-12(13)14/h5-10H,4H2,1-3H3/b13-9+. The maximum absolute atomic E-state index is 11.8. The van der Waals surface area contributed by atoms with Gasteiger partial charge in [0.15, 0.2) is 0 Å². The molecule has 0 aliphatic carbocycles. The zero-order chi connectivity index (χ0) is 14.0. The predicted molar refractivity (Wildman–Crippen MR) is 73.7 cm³/mol. The van der Waals surface area contributed by atoms with Crippen molar-refractivity contribution in [3.8, 4) is 0 Å². The number of hydrogen-bond donors (Lipinski definition) is 0. The van der Waals surface area contributed by atoms with Gasteiger partial charge >= 0.3 is 5.97 Å². The third-order valence-corrected chi connectivity index (χ3v) is 3.21. The Kier molecular flexibility index (Phi) is 3.69. The van der Waals surface area contributed by atoms with Crippen LogP contribution in [0.5, 0.6) is 0 Å². The minimum absolute atomic E-state index is 0.0350. The number of ether oxygens (including phenoxy) is 1. The lowest BCUT2D eigenvalue weighted by atomic mass is 10.0. The first-order valence-electron chi connectivity index (χ1n) is 6.33. The van der Waals surface area contributed by atoms with Crippen LogP contribution in [0.25, 0.3) is 5.57 Å². The summed E-state index contributed by atoms with van der Waals surface area (Å²) in [4.78, 5) is 25.1. The van der Waals surface area contributed by atoms with Gasteiger partial charge in [0.25, 0.3) is 0 Å². The van der Waals surface area contributed by atoms with E-state index in [1.54, 1.807) is 11.8 Å². The number of nitrogens with zero attached hydrogens (tertiary/aromatic N) is 1. The number of amides is 1. The fourth-order valence-electron chi connectivity index (χ4n) is 2.45. The molecule has 0 N–H and O–H groups in total. The van der Waals surface area contributed by atoms with Crippen LogP contribution in [0.1, 0.15) is 26.3 Å². The molecule has 1 aliphatic heterocycles. The Hall–Kier alpha value is -2.10. The average molecular weight is 259 g/mol. The topological polar surface area (TPSA) is 46.6 Å². The smallest absolute Gasteiger partial charge is 0.331 e. The maximum atomic E-state index is 11.8. The second-order valence-electron chi connectivity index (χ2n) is 4.43. The first-order valence-corrected chi connectivity index (χ1v) is 6.33. The highest BCUT2D eigenvalue weighted by molar-refractivity contribution is 6.06. The number of benzene rings is 1. The van der Waals surface area contributed by atoms with Gasteiger partial charge in [-0.2, -0.15) is 0 Å². The molecule has 0 spiro atoms. The number of carbonyl (C=O) groups excluding carboxylic acids is 2. The van der Waals surface area contributed by atoms with E-state index in [1.807, 2.05) is 31.2 Å². The summed E-state index contributed by atoms with van der Waals surface area (Å²) in [6.45, 7) is 5.55. The molecule has 1 amide bonds. The monoisotopic (exact) mass is 259 g/mol. The summed E-state index contributed by atoms with van der Waals surface area (Å²) in [5.41, 5.74) is 2.58. The molecule has 1 heterocycles. The second-order valence-corrected chi connectivity index (χ2v) is 4.43. The van der Waals surface area contributed by atoms with Crippen LogP contribution in [0.3, 0.4) is 0 Å². The Bertz CT molecular complexity index is 548. The number of anilines is 1. The molecule has 0 fully saturated rings. The summed E-state index contributed by atoms with van der Waals surface area (Å²) in [5, 5.41) is 0. The van der Waals surface area contributed by atoms with E-state index in [0.29, 0.717) is 6.61 Å². The van der Waals surface area contributed by atoms with E-state index in [-0.39, 0.29) is 17.9 Å². The number of fused-ring (bicyclic) bond motifs is 1. The third kappa shape index (κ3) is 2.38. The summed E-state index contributed by atoms with van der Waals surface area (Å²) in [5.74, 6) is -0.406. The van der Waals surface area contributed by atoms with Crippen LogP contribution >= 0.6 is 0 Å². The normalized spacial score (nSPS) is 19.4. The molecule has 0 saturated carbocycles. The SMILES string of the molecule is CCOC(=O)/C=C1/c2ccccc2N(C(C)=O)C1C. The summed E-state index contributed by atoms with van der Waals surface area (Å²) < 4.78 is 4.94. The lowest BCUT2D eigenvalue weighted by Gasteiger charge is -2.20. The molecular weight excluding hydrogens is 242 g/mol. The number of esters is 1. The van der Waals surface area contributed by atoms with E-state index in [9.17, 15) is 9.59 Å². The van der Waals surface area contributed by atoms with E-state index < -0.39 is 0 Å². The van der Waals surface area contributed by atoms with Gasteiger partial charge in [-0.3, -0.25) is 4.79 Å². The highest BCUT2D eigenvalue weighted by atomic mass is 16.5. The van der Waals surface area contributed by atoms with Crippen LogP contribution in [-0.2, 0) is 14.3 Å². The Balaban J connectivity index is 2.47. The first kappa shape index (κ1) is 13.3. The van der Waals surface area contributed by atoms with Gasteiger partial charge in [-0.1, -0.05) is 18.2 Å². The number of para-hydroxylation sites is 1. The molecule has 4 heteroatoms. The minimum atomic E-state index is -0.371. The van der Waals surface area contributed by atoms with Crippen molar-refractivity contribution in [2.24, 2.45) is 0 Å². The van der Waals surface area contributed by atoms with Crippen LogP contribution in [0.2, 0.25) is 0 Å². The summed E-state index contributed by atoms with van der Waals surface area (Å²) in [6.07, 6.45) is 1.48. The average Bonchev–Trinajstić information content (AvgIpc) is 2.63. The fraction of sp³-hybridized carbons (Fsp3) is 0.333. The second kappa shape index (κ2) is 5.26. The molecular formula is C15H17NO3. The summed E-state index contributed by atoms with van der Waals surface area (Å²) in [6, 6.07) is 7.43. The van der Waals surface area contributed by atoms with Gasteiger partial charge in [0.05, 0.1) is 18.3 Å². The van der Waals surface area contributed by atoms with Crippen LogP contribution < -0.4 is 4.90 Å². The summed E-state index contributed by atoms with van der Waals surface area (Å²) in [7, 11) is 0. The van der Waals surface area contributed by atoms with E-state index in [2.05, 4.69) is 0 Å². The molecule has 0 radical (unpaired) electrons. The highest BCUT2D eigenvalue weighted by Crippen LogP contribution is 2.40. The number of hydrogen-bond acceptors (Lipinski definition) is 3. The zero-order valence-electron chi connectivity index (χ0n) is 11.3. The zero-order valence-corrected chi connectivity index (χ0v) is 11.3. The van der Waals surface area contributed by atoms with Crippen molar-refractivity contribution in [3.05, 3.63) is 35.9 Å². The third-order valence-electron chi connectivity index (χ3n) is 3.21. The molecule has 1 aromatic carbocycles. The van der Waals surface area contributed by atoms with Gasteiger partial charge in [0, 0.05) is 18.6 Å². The Morgan fingerprint density at radius 1 is 1.37 bits per heavy atom. The van der Waals surface area contributed by atoms with Gasteiger partial charge < -0.3 is 9.64 Å². The number of carbonyl (C=O) groups is 2. The van der Waals surface area contributed by atoms with Crippen LogP contribution in [0.15, 0.2) is 30.3 Å². The molecule has 100 valence electrons. The molecule has 2 rings (SSSR count). The molecule has 1 aliphatic rings. The molecule has 1 atom stereocenters. The van der Waals surface area contributed by atoms with Gasteiger partial charge in [-0.05, 0) is 25.5 Å². The predicted octanol–water partition coefficient (Wildman–Crippen LogP) is 2.39. The highest BCUT2D eigenvalue weighted by Gasteiger charge is 2.33. The molecule has 0 bridgehead atoms. The van der Waals surface area contributed by atoms with Crippen molar-refractivity contribution < 1.29 is 14.3 Å². The minimum Gasteiger partial charge on any atom is -0.463 e. The van der Waals surface area contributed by atoms with Gasteiger partial charge in [0.2, 0.25) is 5.91 Å². The molecule has 0 aromatic heterocycles. The Labute approximate surface area is 112 Å². The molecule has 1 aromatic rings. The molecule has 4 nitrogen and oxygen atoms in total. The van der Waals surface area contributed by atoms with Crippen molar-refractivity contribution in [1.29, 1.82) is 0 Å². The van der Waals surface area contributed by atoms with Gasteiger partial charge in [-0.15, -0.1) is 0 Å². The van der Waals surface area contributed by atoms with Crippen molar-refractivity contribution >= 4 is 23.1 Å². The maximum Gasteiger partial charge on any atom is 0.331 e. The van der Waals surface area contributed by atoms with Crippen LogP contribution in [-0.4, -0.2) is 24.5 Å². The molecule has 19 heavy (non-hydrogen) atoms. The van der Waals surface area contributed by atoms with Crippen LogP contribution in [0.4, 0.5) is 5.69 Å². The lowest BCUT2D eigenvalue weighted by Crippen LogP contribution is -2.33. The van der Waals surface area contributed by atoms with E-state index >= 15 is 0 Å². The van der Waals surface area contributed by atoms with Gasteiger partial charge in [0.1, 0.15) is 0 Å². The largest absolute Gasteiger partial charge is 0.463 e. The summed E-state index contributed by atoms with van der Waals surface area (Å²) >= 11 is 0. The molecule has 1 unspecified atom stereocenters. The van der Waals surface area contributed by atoms with Crippen molar-refractivity contribution in [2.45, 2.75) is 26.8 Å². The lowest BCUT2D eigenvalue weighted by molar-refractivity contribution is -0.137. The quantitative estimate of drug-likeness (QED) is 0.605. The van der Waals surface area contributed by atoms with E-state index in [1.165, 1.54) is 13.0 Å². The Morgan fingerprint density at radius 2 is 2.05 bits per heavy atom. The van der Waals surface area contributed by atoms with Gasteiger partial charge in [-0.25, -0.2) is 4.79 Å². The number of rotatable bonds is 2. The van der Waals surface area contributed by atoms with Crippen molar-refractivity contribution in [3.63, 3.8) is 0 Å². The Morgan fingerprint density at radius 3 is 2.68 bits per heavy atom. The van der Waals surface area contributed by atoms with Crippen molar-refractivity contribution in [2.75, 3.05) is 11.5 Å². The van der Waals surface area contributed by atoms with Crippen LogP contribution in [0, 0.1) is 0 Å². The van der Waals surface area contributed by atoms with Crippen molar-refractivity contribution in [1.82, 2.24) is 0 Å². The van der Waals surface area contributed by atoms with E-state index in [4.69, 9.17) is 4.74 Å². The van der Waals surface area contributed by atoms with E-state index in [0.717, 1.165) is 16.8 Å². The fourth-order valence-corrected chi connectivity index (χ4v) is 2.45.